The number of esters is 2. The Hall–Kier alpha value is -4.13. The monoisotopic (exact) mass is 583 g/mol. The molecule has 43 heavy (non-hydrogen) atoms. The van der Waals surface area contributed by atoms with E-state index in [1.165, 1.54) is 4.90 Å². The van der Waals surface area contributed by atoms with Gasteiger partial charge in [-0.25, -0.2) is 4.79 Å². The van der Waals surface area contributed by atoms with Crippen molar-refractivity contribution in [2.45, 2.75) is 64.7 Å². The molecule has 5 rings (SSSR count). The molecule has 0 aromatic heterocycles. The van der Waals surface area contributed by atoms with Crippen LogP contribution >= 0.6 is 0 Å². The molecule has 3 aromatic carbocycles. The number of ether oxygens (including phenoxy) is 3. The van der Waals surface area contributed by atoms with Crippen molar-refractivity contribution in [3.63, 3.8) is 0 Å². The molecule has 3 aromatic rings. The van der Waals surface area contributed by atoms with Crippen molar-refractivity contribution in [2.24, 2.45) is 23.7 Å². The van der Waals surface area contributed by atoms with E-state index in [9.17, 15) is 14.4 Å². The molecular formula is C36H41NO6. The molecule has 1 saturated heterocycles. The van der Waals surface area contributed by atoms with Crippen LogP contribution in [0.5, 0.6) is 5.75 Å². The number of methoxy groups -OCH3 is 1. The van der Waals surface area contributed by atoms with Crippen molar-refractivity contribution in [1.29, 1.82) is 0 Å². The molecule has 1 aliphatic heterocycles. The highest BCUT2D eigenvalue weighted by atomic mass is 16.6. The van der Waals surface area contributed by atoms with Gasteiger partial charge in [0.2, 0.25) is 5.91 Å². The Bertz CT molecular complexity index is 1420. The van der Waals surface area contributed by atoms with E-state index in [0.717, 1.165) is 18.4 Å². The SMILES string of the molecule is COc1ccc(N2C(=O)[C@H]([C@H](C)c3ccccc3)C(=O)O[C@]2(C(=O)O[C@@H]2C[C@H](C)CC[C@H]2C(C)C)c2ccccc2)cc1. The smallest absolute Gasteiger partial charge is 0.378 e. The number of carbonyl (C=O) groups excluding carboxylic acids is 3. The van der Waals surface area contributed by atoms with Crippen LogP contribution in [0.4, 0.5) is 5.69 Å². The van der Waals surface area contributed by atoms with Crippen LogP contribution in [-0.4, -0.2) is 31.1 Å². The zero-order valence-corrected chi connectivity index (χ0v) is 25.6. The molecule has 2 aliphatic rings. The summed E-state index contributed by atoms with van der Waals surface area (Å²) in [6.07, 6.45) is 2.33. The van der Waals surface area contributed by atoms with Crippen molar-refractivity contribution in [1.82, 2.24) is 0 Å². The van der Waals surface area contributed by atoms with Crippen LogP contribution in [0.2, 0.25) is 0 Å². The van der Waals surface area contributed by atoms with Gasteiger partial charge in [-0.05, 0) is 60.4 Å². The van der Waals surface area contributed by atoms with E-state index in [4.69, 9.17) is 14.2 Å². The van der Waals surface area contributed by atoms with Crippen LogP contribution < -0.4 is 9.64 Å². The number of hydrogen-bond acceptors (Lipinski definition) is 6. The van der Waals surface area contributed by atoms with Gasteiger partial charge in [0.15, 0.2) is 0 Å². The Labute approximate surface area is 254 Å². The van der Waals surface area contributed by atoms with E-state index in [-0.39, 0.29) is 12.0 Å². The van der Waals surface area contributed by atoms with Gasteiger partial charge in [0.05, 0.1) is 7.11 Å². The maximum absolute atomic E-state index is 14.7. The highest BCUT2D eigenvalue weighted by molar-refractivity contribution is 6.14. The Kier molecular flexibility index (Phi) is 8.90. The van der Waals surface area contributed by atoms with Gasteiger partial charge in [0, 0.05) is 17.2 Å². The standard InChI is InChI=1S/C36H41NO6/c1-23(2)30-21-16-24(3)22-31(30)42-35(40)36(27-14-10-7-11-15-27)37(28-17-19-29(41-5)20-18-28)33(38)32(34(39)43-36)25(4)26-12-8-6-9-13-26/h6-15,17-20,23-25,30-32H,16,21-22H2,1-5H3/t24-,25-,30+,31-,32+,36+/m1/s1. The number of carbonyl (C=O) groups is 3. The van der Waals surface area contributed by atoms with E-state index >= 15 is 0 Å². The van der Waals surface area contributed by atoms with E-state index < -0.39 is 35.4 Å². The molecule has 1 heterocycles. The lowest BCUT2D eigenvalue weighted by Crippen LogP contribution is -2.66. The molecule has 1 aliphatic carbocycles. The van der Waals surface area contributed by atoms with Crippen LogP contribution in [0.1, 0.15) is 64.0 Å². The minimum Gasteiger partial charge on any atom is -0.497 e. The number of amides is 1. The molecule has 0 spiro atoms. The summed E-state index contributed by atoms with van der Waals surface area (Å²) in [7, 11) is 1.56. The van der Waals surface area contributed by atoms with Gasteiger partial charge in [-0.2, -0.15) is 0 Å². The van der Waals surface area contributed by atoms with Crippen LogP contribution in [0.15, 0.2) is 84.9 Å². The van der Waals surface area contributed by atoms with Gasteiger partial charge in [-0.15, -0.1) is 0 Å². The molecular weight excluding hydrogens is 542 g/mol. The second-order valence-electron chi connectivity index (χ2n) is 12.2. The van der Waals surface area contributed by atoms with E-state index in [1.807, 2.05) is 43.3 Å². The van der Waals surface area contributed by atoms with Crippen LogP contribution in [0.25, 0.3) is 0 Å². The molecule has 7 heteroatoms. The average molecular weight is 584 g/mol. The lowest BCUT2D eigenvalue weighted by molar-refractivity contribution is -0.202. The first-order chi connectivity index (χ1) is 20.7. The minimum atomic E-state index is -2.15. The van der Waals surface area contributed by atoms with Crippen molar-refractivity contribution in [3.8, 4) is 5.75 Å². The number of cyclic esters (lactones) is 1. The van der Waals surface area contributed by atoms with Crippen molar-refractivity contribution >= 4 is 23.5 Å². The number of hydrogen-bond donors (Lipinski definition) is 0. The molecule has 0 bridgehead atoms. The fraction of sp³-hybridized carbons (Fsp3) is 0.417. The third-order valence-corrected chi connectivity index (χ3v) is 9.12. The van der Waals surface area contributed by atoms with Gasteiger partial charge < -0.3 is 14.2 Å². The molecule has 1 amide bonds. The van der Waals surface area contributed by atoms with Gasteiger partial charge in [0.25, 0.3) is 0 Å². The summed E-state index contributed by atoms with van der Waals surface area (Å²) in [6, 6.07) is 24.9. The third kappa shape index (κ3) is 5.77. The van der Waals surface area contributed by atoms with Crippen LogP contribution in [-0.2, 0) is 29.6 Å². The first-order valence-electron chi connectivity index (χ1n) is 15.2. The predicted octanol–water partition coefficient (Wildman–Crippen LogP) is 6.86. The third-order valence-electron chi connectivity index (χ3n) is 9.12. The Morgan fingerprint density at radius 1 is 0.907 bits per heavy atom. The fourth-order valence-electron chi connectivity index (χ4n) is 6.63. The summed E-state index contributed by atoms with van der Waals surface area (Å²) >= 11 is 0. The van der Waals surface area contributed by atoms with Gasteiger partial charge >= 0.3 is 17.7 Å². The summed E-state index contributed by atoms with van der Waals surface area (Å²) < 4.78 is 18.0. The molecule has 6 atom stereocenters. The highest BCUT2D eigenvalue weighted by Crippen LogP contribution is 2.46. The maximum Gasteiger partial charge on any atom is 0.378 e. The average Bonchev–Trinajstić information content (AvgIpc) is 3.01. The second-order valence-corrected chi connectivity index (χ2v) is 12.2. The van der Waals surface area contributed by atoms with Gasteiger partial charge in [0.1, 0.15) is 17.8 Å². The minimum absolute atomic E-state index is 0.156. The predicted molar refractivity (Wildman–Crippen MR) is 164 cm³/mol. The summed E-state index contributed by atoms with van der Waals surface area (Å²) in [5.74, 6) is -2.32. The lowest BCUT2D eigenvalue weighted by atomic mass is 9.75. The zero-order chi connectivity index (χ0) is 30.7. The van der Waals surface area contributed by atoms with Crippen LogP contribution in [0, 0.1) is 23.7 Å². The molecule has 226 valence electrons. The van der Waals surface area contributed by atoms with E-state index in [1.54, 1.807) is 55.6 Å². The Morgan fingerprint density at radius 3 is 2.14 bits per heavy atom. The van der Waals surface area contributed by atoms with Gasteiger partial charge in [-0.3, -0.25) is 14.5 Å². The topological polar surface area (TPSA) is 82.1 Å². The first-order valence-corrected chi connectivity index (χ1v) is 15.2. The quantitative estimate of drug-likeness (QED) is 0.213. The highest BCUT2D eigenvalue weighted by Gasteiger charge is 2.62. The van der Waals surface area contributed by atoms with Crippen molar-refractivity contribution in [3.05, 3.63) is 96.1 Å². The fourth-order valence-corrected chi connectivity index (χ4v) is 6.63. The lowest BCUT2D eigenvalue weighted by Gasteiger charge is -2.48. The molecule has 7 nitrogen and oxygen atoms in total. The maximum atomic E-state index is 14.7. The Morgan fingerprint density at radius 2 is 1.53 bits per heavy atom. The van der Waals surface area contributed by atoms with E-state index in [0.29, 0.717) is 35.3 Å². The van der Waals surface area contributed by atoms with Crippen LogP contribution in [0.3, 0.4) is 0 Å². The zero-order valence-electron chi connectivity index (χ0n) is 25.6. The number of benzene rings is 3. The number of nitrogens with zero attached hydrogens (tertiary/aromatic N) is 1. The number of rotatable bonds is 8. The number of anilines is 1. The largest absolute Gasteiger partial charge is 0.497 e. The Balaban J connectivity index is 1.66. The molecule has 0 radical (unpaired) electrons. The van der Waals surface area contributed by atoms with Crippen molar-refractivity contribution in [2.75, 3.05) is 12.0 Å². The van der Waals surface area contributed by atoms with Gasteiger partial charge in [-0.1, -0.05) is 94.8 Å². The normalized spacial score (nSPS) is 26.5. The van der Waals surface area contributed by atoms with Crippen molar-refractivity contribution < 1.29 is 28.6 Å². The first kappa shape index (κ1) is 30.3. The molecule has 0 unspecified atom stereocenters. The molecule has 2 fully saturated rings. The van der Waals surface area contributed by atoms with E-state index in [2.05, 4.69) is 20.8 Å². The molecule has 1 saturated carbocycles. The summed E-state index contributed by atoms with van der Waals surface area (Å²) in [4.78, 5) is 44.7. The second kappa shape index (κ2) is 12.6. The molecule has 0 N–H and O–H groups in total. The summed E-state index contributed by atoms with van der Waals surface area (Å²) in [5.41, 5.74) is -0.604. The summed E-state index contributed by atoms with van der Waals surface area (Å²) in [5, 5.41) is 0. The summed E-state index contributed by atoms with van der Waals surface area (Å²) in [6.45, 7) is 8.26.